The van der Waals surface area contributed by atoms with E-state index in [1.807, 2.05) is 48.5 Å². The predicted octanol–water partition coefficient (Wildman–Crippen LogP) is 2.58. The van der Waals surface area contributed by atoms with Crippen LogP contribution in [0, 0.1) is 0 Å². The van der Waals surface area contributed by atoms with Crippen molar-refractivity contribution < 1.29 is 9.47 Å². The number of ether oxygens (including phenoxy) is 2. The van der Waals surface area contributed by atoms with Crippen molar-refractivity contribution in [3.05, 3.63) is 0 Å². The molecule has 0 spiro atoms. The molecule has 0 heterocycles. The van der Waals surface area contributed by atoms with E-state index >= 15 is 0 Å². The Labute approximate surface area is 95.3 Å². The Morgan fingerprint density at radius 3 is 1.73 bits per heavy atom. The second-order valence-electron chi connectivity index (χ2n) is 4.80. The van der Waals surface area contributed by atoms with Gasteiger partial charge in [0, 0.05) is 6.54 Å². The molecule has 0 atom stereocenters. The Morgan fingerprint density at radius 1 is 0.933 bits per heavy atom. The van der Waals surface area contributed by atoms with Gasteiger partial charge in [-0.1, -0.05) is 13.8 Å². The molecule has 3 nitrogen and oxygen atoms in total. The van der Waals surface area contributed by atoms with Crippen molar-refractivity contribution in [2.45, 2.75) is 59.7 Å². The number of rotatable bonds is 5. The Bertz CT molecular complexity index is 139. The zero-order valence-corrected chi connectivity index (χ0v) is 11.5. The topological polar surface area (TPSA) is 44.5 Å². The van der Waals surface area contributed by atoms with E-state index in [0.717, 1.165) is 0 Å². The molecule has 0 saturated carbocycles. The second kappa shape index (κ2) is 8.08. The maximum atomic E-state index is 5.63. The fourth-order valence-corrected chi connectivity index (χ4v) is 0.767. The fraction of sp³-hybridized carbons (Fsp3) is 1.00. The van der Waals surface area contributed by atoms with E-state index in [-0.39, 0.29) is 11.2 Å². The van der Waals surface area contributed by atoms with E-state index in [1.165, 1.54) is 0 Å². The van der Waals surface area contributed by atoms with Gasteiger partial charge in [0.1, 0.15) is 0 Å². The highest BCUT2D eigenvalue weighted by molar-refractivity contribution is 4.70. The lowest BCUT2D eigenvalue weighted by atomic mass is 10.1. The molecule has 0 radical (unpaired) electrons. The van der Waals surface area contributed by atoms with Crippen molar-refractivity contribution in [2.24, 2.45) is 5.73 Å². The number of hydrogen-bond acceptors (Lipinski definition) is 3. The minimum absolute atomic E-state index is 0.108. The largest absolute Gasteiger partial charge is 0.373 e. The highest BCUT2D eigenvalue weighted by Crippen LogP contribution is 2.14. The average Bonchev–Trinajstić information content (AvgIpc) is 2.14. The Hall–Kier alpha value is -0.120. The van der Waals surface area contributed by atoms with E-state index in [2.05, 4.69) is 0 Å². The highest BCUT2D eigenvalue weighted by Gasteiger charge is 2.22. The van der Waals surface area contributed by atoms with Crippen LogP contribution in [0.15, 0.2) is 0 Å². The average molecular weight is 219 g/mol. The van der Waals surface area contributed by atoms with Crippen LogP contribution in [0.5, 0.6) is 0 Å². The number of nitrogens with two attached hydrogens (primary N) is 1. The first-order valence-corrected chi connectivity index (χ1v) is 5.75. The van der Waals surface area contributed by atoms with Crippen molar-refractivity contribution in [3.63, 3.8) is 0 Å². The van der Waals surface area contributed by atoms with Gasteiger partial charge >= 0.3 is 0 Å². The lowest BCUT2D eigenvalue weighted by molar-refractivity contribution is -0.112. The molecule has 2 N–H and O–H groups in total. The summed E-state index contributed by atoms with van der Waals surface area (Å²) in [6.45, 7) is 15.8. The van der Waals surface area contributed by atoms with Gasteiger partial charge in [-0.2, -0.15) is 0 Å². The quantitative estimate of drug-likeness (QED) is 0.773. The molecule has 0 aromatic heterocycles. The summed E-state index contributed by atoms with van der Waals surface area (Å²) in [6, 6.07) is 0. The minimum atomic E-state index is -0.243. The first kappa shape index (κ1) is 17.3. The maximum absolute atomic E-state index is 5.63. The van der Waals surface area contributed by atoms with Crippen LogP contribution in [0.1, 0.15) is 48.5 Å². The molecule has 0 saturated heterocycles. The Kier molecular flexibility index (Phi) is 9.31. The molecule has 0 aliphatic heterocycles. The summed E-state index contributed by atoms with van der Waals surface area (Å²) in [6.07, 6.45) is 0. The zero-order chi connectivity index (χ0) is 12.5. The predicted molar refractivity (Wildman–Crippen MR) is 66.1 cm³/mol. The van der Waals surface area contributed by atoms with Crippen molar-refractivity contribution in [3.8, 4) is 0 Å². The summed E-state index contributed by atoms with van der Waals surface area (Å²) in [5.41, 5.74) is 5.00. The van der Waals surface area contributed by atoms with Crippen LogP contribution < -0.4 is 5.73 Å². The molecule has 0 rings (SSSR count). The van der Waals surface area contributed by atoms with Gasteiger partial charge in [0.05, 0.1) is 24.4 Å². The zero-order valence-electron chi connectivity index (χ0n) is 11.5. The molecular weight excluding hydrogens is 190 g/mol. The van der Waals surface area contributed by atoms with Crippen LogP contribution in [-0.4, -0.2) is 31.0 Å². The van der Waals surface area contributed by atoms with Crippen LogP contribution in [0.4, 0.5) is 0 Å². The Balaban J connectivity index is 0. The van der Waals surface area contributed by atoms with Crippen molar-refractivity contribution in [1.82, 2.24) is 0 Å². The third-order valence-electron chi connectivity index (χ3n) is 1.46. The first-order chi connectivity index (χ1) is 6.77. The number of hydrogen-bond donors (Lipinski definition) is 1. The van der Waals surface area contributed by atoms with Crippen molar-refractivity contribution in [1.29, 1.82) is 0 Å². The summed E-state index contributed by atoms with van der Waals surface area (Å²) in [4.78, 5) is 0. The first-order valence-electron chi connectivity index (χ1n) is 5.75. The summed E-state index contributed by atoms with van der Waals surface area (Å²) in [5.74, 6) is 0. The van der Waals surface area contributed by atoms with Crippen LogP contribution in [0.25, 0.3) is 0 Å². The summed E-state index contributed by atoms with van der Waals surface area (Å²) in [7, 11) is 0. The molecule has 0 bridgehead atoms. The van der Waals surface area contributed by atoms with Crippen LogP contribution in [-0.2, 0) is 9.47 Å². The van der Waals surface area contributed by atoms with Gasteiger partial charge in [-0.3, -0.25) is 0 Å². The molecule has 3 heteroatoms. The van der Waals surface area contributed by atoms with Crippen molar-refractivity contribution in [2.75, 3.05) is 19.8 Å². The molecule has 0 aromatic rings. The molecule has 94 valence electrons. The summed E-state index contributed by atoms with van der Waals surface area (Å²) in [5, 5.41) is 0. The van der Waals surface area contributed by atoms with E-state index in [0.29, 0.717) is 19.8 Å². The van der Waals surface area contributed by atoms with Crippen molar-refractivity contribution >= 4 is 0 Å². The van der Waals surface area contributed by atoms with Crippen LogP contribution in [0.3, 0.4) is 0 Å². The van der Waals surface area contributed by atoms with Crippen LogP contribution >= 0.6 is 0 Å². The molecule has 0 fully saturated rings. The SMILES string of the molecule is CC.CC(C)(C)OCC(C)(C)OCCN. The molecule has 0 aliphatic carbocycles. The third-order valence-corrected chi connectivity index (χ3v) is 1.46. The van der Waals surface area contributed by atoms with Gasteiger partial charge in [-0.25, -0.2) is 0 Å². The van der Waals surface area contributed by atoms with Gasteiger partial charge in [-0.05, 0) is 34.6 Å². The smallest absolute Gasteiger partial charge is 0.0859 e. The van der Waals surface area contributed by atoms with E-state index < -0.39 is 0 Å². The van der Waals surface area contributed by atoms with Gasteiger partial charge in [0.2, 0.25) is 0 Å². The molecule has 0 aromatic carbocycles. The van der Waals surface area contributed by atoms with Gasteiger partial charge in [-0.15, -0.1) is 0 Å². The minimum Gasteiger partial charge on any atom is -0.373 e. The lowest BCUT2D eigenvalue weighted by Gasteiger charge is -2.29. The molecular formula is C12H29NO2. The standard InChI is InChI=1S/C10H23NO2.C2H6/c1-9(2,3)13-8-10(4,5)12-7-6-11;1-2/h6-8,11H2,1-5H3;1-2H3. The fourth-order valence-electron chi connectivity index (χ4n) is 0.767. The van der Waals surface area contributed by atoms with E-state index in [1.54, 1.807) is 0 Å². The normalized spacial score (nSPS) is 12.0. The summed E-state index contributed by atoms with van der Waals surface area (Å²) < 4.78 is 11.1. The molecule has 0 aliphatic rings. The highest BCUT2D eigenvalue weighted by atomic mass is 16.6. The molecule has 15 heavy (non-hydrogen) atoms. The lowest BCUT2D eigenvalue weighted by Crippen LogP contribution is -2.36. The Morgan fingerprint density at radius 2 is 1.40 bits per heavy atom. The van der Waals surface area contributed by atoms with Gasteiger partial charge in [0.25, 0.3) is 0 Å². The summed E-state index contributed by atoms with van der Waals surface area (Å²) >= 11 is 0. The third kappa shape index (κ3) is 13.9. The van der Waals surface area contributed by atoms with Gasteiger partial charge in [0.15, 0.2) is 0 Å². The molecule has 0 amide bonds. The maximum Gasteiger partial charge on any atom is 0.0859 e. The monoisotopic (exact) mass is 219 g/mol. The van der Waals surface area contributed by atoms with E-state index in [9.17, 15) is 0 Å². The van der Waals surface area contributed by atoms with E-state index in [4.69, 9.17) is 15.2 Å². The van der Waals surface area contributed by atoms with Gasteiger partial charge < -0.3 is 15.2 Å². The molecule has 0 unspecified atom stereocenters. The van der Waals surface area contributed by atoms with Crippen LogP contribution in [0.2, 0.25) is 0 Å². The second-order valence-corrected chi connectivity index (χ2v) is 4.80.